The molecule has 1 aliphatic heterocycles. The summed E-state index contributed by atoms with van der Waals surface area (Å²) >= 11 is 0. The largest absolute Gasteiger partial charge is 0.496 e. The number of nitrogens with zero attached hydrogens (tertiary/aromatic N) is 4. The third-order valence-corrected chi connectivity index (χ3v) is 5.64. The Labute approximate surface area is 193 Å². The van der Waals surface area contributed by atoms with Crippen molar-refractivity contribution in [3.05, 3.63) is 60.2 Å². The zero-order chi connectivity index (χ0) is 23.2. The normalized spacial score (nSPS) is 13.5. The molecule has 3 aromatic rings. The number of methoxy groups -OCH3 is 2. The molecule has 0 radical (unpaired) electrons. The number of ether oxygens (including phenoxy) is 3. The molecular weight excluding hydrogens is 420 g/mol. The minimum atomic E-state index is -0.0964. The molecule has 0 bridgehead atoms. The van der Waals surface area contributed by atoms with E-state index in [1.54, 1.807) is 26.4 Å². The van der Waals surface area contributed by atoms with Crippen LogP contribution in [-0.4, -0.2) is 68.0 Å². The Balaban J connectivity index is 1.41. The standard InChI is InChI=1S/C25H28N4O4/c1-4-33-19-10-8-18(9-11-19)20-12-13-23(27-26-20)28-14-16-29(17-15-28)25(30)24-21(31-2)6-5-7-22(24)32-3/h5-13H,4,14-17H2,1-3H3. The van der Waals surface area contributed by atoms with E-state index in [1.165, 1.54) is 0 Å². The van der Waals surface area contributed by atoms with Gasteiger partial charge in [0.1, 0.15) is 22.8 Å². The van der Waals surface area contributed by atoms with Crippen molar-refractivity contribution in [2.75, 3.05) is 51.9 Å². The molecule has 1 saturated heterocycles. The molecule has 1 fully saturated rings. The second-order valence-electron chi connectivity index (χ2n) is 7.55. The van der Waals surface area contributed by atoms with Crippen molar-refractivity contribution in [2.45, 2.75) is 6.92 Å². The Bertz CT molecular complexity index is 1060. The fraction of sp³-hybridized carbons (Fsp3) is 0.320. The average Bonchev–Trinajstić information content (AvgIpc) is 2.88. The molecule has 0 unspecified atom stereocenters. The van der Waals surface area contributed by atoms with Gasteiger partial charge >= 0.3 is 0 Å². The molecule has 0 atom stereocenters. The van der Waals surface area contributed by atoms with Crippen LogP contribution in [0.15, 0.2) is 54.6 Å². The highest BCUT2D eigenvalue weighted by atomic mass is 16.5. The van der Waals surface area contributed by atoms with E-state index in [0.29, 0.717) is 49.8 Å². The fourth-order valence-corrected chi connectivity index (χ4v) is 3.90. The third kappa shape index (κ3) is 4.84. The first-order valence-corrected chi connectivity index (χ1v) is 11.0. The molecule has 0 aliphatic carbocycles. The van der Waals surface area contributed by atoms with Gasteiger partial charge in [-0.2, -0.15) is 0 Å². The van der Waals surface area contributed by atoms with Crippen molar-refractivity contribution in [1.29, 1.82) is 0 Å². The van der Waals surface area contributed by atoms with Crippen LogP contribution in [0.4, 0.5) is 5.82 Å². The SMILES string of the molecule is CCOc1ccc(-c2ccc(N3CCN(C(=O)c4c(OC)cccc4OC)CC3)nn2)cc1. The van der Waals surface area contributed by atoms with Crippen molar-refractivity contribution in [1.82, 2.24) is 15.1 Å². The van der Waals surface area contributed by atoms with Gasteiger partial charge < -0.3 is 24.0 Å². The number of benzene rings is 2. The van der Waals surface area contributed by atoms with Crippen molar-refractivity contribution in [2.24, 2.45) is 0 Å². The number of piperazine rings is 1. The number of carbonyl (C=O) groups excluding carboxylic acids is 1. The molecule has 2 aromatic carbocycles. The van der Waals surface area contributed by atoms with Gasteiger partial charge in [-0.3, -0.25) is 4.79 Å². The topological polar surface area (TPSA) is 77.0 Å². The van der Waals surface area contributed by atoms with Crippen molar-refractivity contribution in [3.8, 4) is 28.5 Å². The fourth-order valence-electron chi connectivity index (χ4n) is 3.90. The maximum absolute atomic E-state index is 13.2. The Kier molecular flexibility index (Phi) is 6.92. The maximum atomic E-state index is 13.2. The van der Waals surface area contributed by atoms with Crippen LogP contribution in [0.1, 0.15) is 17.3 Å². The number of amides is 1. The quantitative estimate of drug-likeness (QED) is 0.547. The monoisotopic (exact) mass is 448 g/mol. The van der Waals surface area contributed by atoms with Crippen LogP contribution >= 0.6 is 0 Å². The van der Waals surface area contributed by atoms with Crippen LogP contribution in [-0.2, 0) is 0 Å². The van der Waals surface area contributed by atoms with Crippen molar-refractivity contribution in [3.63, 3.8) is 0 Å². The van der Waals surface area contributed by atoms with Crippen molar-refractivity contribution >= 4 is 11.7 Å². The van der Waals surface area contributed by atoms with Gasteiger partial charge in [-0.25, -0.2) is 0 Å². The average molecular weight is 449 g/mol. The molecule has 1 aromatic heterocycles. The molecule has 172 valence electrons. The van der Waals surface area contributed by atoms with Crippen molar-refractivity contribution < 1.29 is 19.0 Å². The van der Waals surface area contributed by atoms with Gasteiger partial charge in [0.15, 0.2) is 5.82 Å². The smallest absolute Gasteiger partial charge is 0.261 e. The molecule has 1 amide bonds. The molecule has 0 N–H and O–H groups in total. The summed E-state index contributed by atoms with van der Waals surface area (Å²) in [6, 6.07) is 17.1. The summed E-state index contributed by atoms with van der Waals surface area (Å²) in [4.78, 5) is 17.1. The van der Waals surface area contributed by atoms with Gasteiger partial charge in [0, 0.05) is 31.7 Å². The summed E-state index contributed by atoms with van der Waals surface area (Å²) in [5.41, 5.74) is 2.24. The van der Waals surface area contributed by atoms with E-state index in [2.05, 4.69) is 15.1 Å². The first-order valence-electron chi connectivity index (χ1n) is 11.0. The summed E-state index contributed by atoms with van der Waals surface area (Å²) in [5, 5.41) is 8.82. The lowest BCUT2D eigenvalue weighted by atomic mass is 10.1. The predicted octanol–water partition coefficient (Wildman–Crippen LogP) is 3.52. The summed E-state index contributed by atoms with van der Waals surface area (Å²) in [6.45, 7) is 5.08. The van der Waals surface area contributed by atoms with E-state index < -0.39 is 0 Å². The number of aromatic nitrogens is 2. The number of carbonyl (C=O) groups is 1. The van der Waals surface area contributed by atoms with E-state index >= 15 is 0 Å². The molecule has 0 saturated carbocycles. The highest BCUT2D eigenvalue weighted by molar-refractivity contribution is 5.99. The summed E-state index contributed by atoms with van der Waals surface area (Å²) in [5.74, 6) is 2.56. The number of hydrogen-bond acceptors (Lipinski definition) is 7. The Morgan fingerprint density at radius 2 is 1.55 bits per heavy atom. The van der Waals surface area contributed by atoms with Crippen LogP contribution in [0.2, 0.25) is 0 Å². The van der Waals surface area contributed by atoms with E-state index in [9.17, 15) is 4.79 Å². The molecule has 0 spiro atoms. The number of hydrogen-bond donors (Lipinski definition) is 0. The highest BCUT2D eigenvalue weighted by Crippen LogP contribution is 2.30. The predicted molar refractivity (Wildman–Crippen MR) is 126 cm³/mol. The van der Waals surface area contributed by atoms with Crippen LogP contribution in [0.25, 0.3) is 11.3 Å². The number of rotatable bonds is 7. The van der Waals surface area contributed by atoms with Gasteiger partial charge in [-0.15, -0.1) is 10.2 Å². The molecule has 33 heavy (non-hydrogen) atoms. The minimum absolute atomic E-state index is 0.0964. The maximum Gasteiger partial charge on any atom is 0.261 e. The molecule has 8 heteroatoms. The van der Waals surface area contributed by atoms with E-state index in [0.717, 1.165) is 22.8 Å². The van der Waals surface area contributed by atoms with Crippen LogP contribution < -0.4 is 19.1 Å². The summed E-state index contributed by atoms with van der Waals surface area (Å²) in [6.07, 6.45) is 0. The number of anilines is 1. The molecular formula is C25H28N4O4. The van der Waals surface area contributed by atoms with E-state index in [-0.39, 0.29) is 5.91 Å². The second-order valence-corrected chi connectivity index (χ2v) is 7.55. The highest BCUT2D eigenvalue weighted by Gasteiger charge is 2.27. The molecule has 8 nitrogen and oxygen atoms in total. The molecule has 4 rings (SSSR count). The lowest BCUT2D eigenvalue weighted by molar-refractivity contribution is 0.0739. The van der Waals surface area contributed by atoms with Gasteiger partial charge in [-0.05, 0) is 55.5 Å². The molecule has 1 aliphatic rings. The Morgan fingerprint density at radius 1 is 0.879 bits per heavy atom. The zero-order valence-electron chi connectivity index (χ0n) is 19.2. The van der Waals surface area contributed by atoms with E-state index in [1.807, 2.05) is 54.3 Å². The summed E-state index contributed by atoms with van der Waals surface area (Å²) < 4.78 is 16.3. The first kappa shape index (κ1) is 22.4. The zero-order valence-corrected chi connectivity index (χ0v) is 19.2. The van der Waals surface area contributed by atoms with Crippen LogP contribution in [0, 0.1) is 0 Å². The van der Waals surface area contributed by atoms with Crippen LogP contribution in [0.3, 0.4) is 0 Å². The van der Waals surface area contributed by atoms with Gasteiger partial charge in [0.2, 0.25) is 0 Å². The Morgan fingerprint density at radius 3 is 2.09 bits per heavy atom. The lowest BCUT2D eigenvalue weighted by Crippen LogP contribution is -2.49. The Hall–Kier alpha value is -3.81. The lowest BCUT2D eigenvalue weighted by Gasteiger charge is -2.35. The van der Waals surface area contributed by atoms with Gasteiger partial charge in [0.05, 0.1) is 26.5 Å². The first-order chi connectivity index (χ1) is 16.1. The molecule has 2 heterocycles. The third-order valence-electron chi connectivity index (χ3n) is 5.64. The minimum Gasteiger partial charge on any atom is -0.496 e. The second kappa shape index (κ2) is 10.2. The van der Waals surface area contributed by atoms with Gasteiger partial charge in [0.25, 0.3) is 5.91 Å². The van der Waals surface area contributed by atoms with E-state index in [4.69, 9.17) is 14.2 Å². The van der Waals surface area contributed by atoms with Gasteiger partial charge in [-0.1, -0.05) is 6.07 Å². The summed E-state index contributed by atoms with van der Waals surface area (Å²) in [7, 11) is 3.11. The van der Waals surface area contributed by atoms with Crippen LogP contribution in [0.5, 0.6) is 17.2 Å².